The van der Waals surface area contributed by atoms with Crippen LogP contribution in [0.5, 0.6) is 0 Å². The van der Waals surface area contributed by atoms with Gasteiger partial charge in [-0.2, -0.15) is 5.26 Å². The number of nitrogens with zero attached hydrogens (tertiary/aromatic N) is 2. The third kappa shape index (κ3) is 3.61. The summed E-state index contributed by atoms with van der Waals surface area (Å²) < 4.78 is 0. The van der Waals surface area contributed by atoms with Gasteiger partial charge in [0, 0.05) is 49.5 Å². The van der Waals surface area contributed by atoms with Gasteiger partial charge in [0.25, 0.3) is 0 Å². The molecule has 0 saturated carbocycles. The van der Waals surface area contributed by atoms with Crippen LogP contribution in [0.15, 0.2) is 60.7 Å². The highest BCUT2D eigenvalue weighted by molar-refractivity contribution is 5.80. The van der Waals surface area contributed by atoms with Gasteiger partial charge in [0.15, 0.2) is 0 Å². The minimum Gasteiger partial charge on any atom is -0.355 e. The number of nitrogens with one attached hydrogen (secondary N) is 2. The Labute approximate surface area is 184 Å². The van der Waals surface area contributed by atoms with Crippen molar-refractivity contribution in [3.05, 3.63) is 82.9 Å². The van der Waals surface area contributed by atoms with Crippen LogP contribution in [0.2, 0.25) is 0 Å². The van der Waals surface area contributed by atoms with Crippen molar-refractivity contribution < 1.29 is 0 Å². The van der Waals surface area contributed by atoms with Crippen LogP contribution in [-0.4, -0.2) is 31.1 Å². The van der Waals surface area contributed by atoms with Crippen molar-refractivity contribution in [1.82, 2.24) is 10.2 Å². The van der Waals surface area contributed by atoms with E-state index in [0.29, 0.717) is 5.56 Å². The number of anilines is 2. The fourth-order valence-corrected chi connectivity index (χ4v) is 4.90. The molecule has 3 aromatic rings. The zero-order valence-electron chi connectivity index (χ0n) is 18.2. The average Bonchev–Trinajstić information content (AvgIpc) is 2.80. The van der Waals surface area contributed by atoms with Crippen molar-refractivity contribution in [2.75, 3.05) is 31.5 Å². The average molecular weight is 409 g/mol. The lowest BCUT2D eigenvalue weighted by molar-refractivity contribution is 0.233. The normalized spacial score (nSPS) is 17.2. The Hall–Kier alpha value is -3.13. The molecule has 2 aliphatic rings. The highest BCUT2D eigenvalue weighted by Gasteiger charge is 2.33. The van der Waals surface area contributed by atoms with Gasteiger partial charge in [0.1, 0.15) is 0 Å². The van der Waals surface area contributed by atoms with Crippen LogP contribution >= 0.6 is 0 Å². The zero-order valence-corrected chi connectivity index (χ0v) is 18.2. The molecule has 0 bridgehead atoms. The predicted molar refractivity (Wildman–Crippen MR) is 127 cm³/mol. The first-order chi connectivity index (χ1) is 15.1. The lowest BCUT2D eigenvalue weighted by atomic mass is 9.73. The molecule has 2 aliphatic heterocycles. The molecule has 156 valence electrons. The SMILES string of the molecule is CC1(C)c2cc(CN3CCNCC3)ccc2Nc2ccc(-c3ccccc3C#N)cc21. The van der Waals surface area contributed by atoms with Gasteiger partial charge in [0.05, 0.1) is 11.6 Å². The van der Waals surface area contributed by atoms with Crippen molar-refractivity contribution in [1.29, 1.82) is 5.26 Å². The molecule has 4 heteroatoms. The standard InChI is InChI=1S/C27H28N4/c1-27(2)23-15-19(18-31-13-11-29-12-14-31)7-9-25(23)30-26-10-8-20(16-24(26)27)22-6-4-3-5-21(22)17-28/h3-10,15-16,29-30H,11-14,18H2,1-2H3. The minimum absolute atomic E-state index is 0.132. The second kappa shape index (κ2) is 7.85. The van der Waals surface area contributed by atoms with Crippen molar-refractivity contribution >= 4 is 11.4 Å². The van der Waals surface area contributed by atoms with Crippen molar-refractivity contribution in [2.45, 2.75) is 25.8 Å². The van der Waals surface area contributed by atoms with E-state index in [2.05, 4.69) is 71.8 Å². The molecule has 3 aromatic carbocycles. The van der Waals surface area contributed by atoms with Crippen molar-refractivity contribution in [3.8, 4) is 17.2 Å². The van der Waals surface area contributed by atoms with Crippen molar-refractivity contribution in [2.24, 2.45) is 0 Å². The van der Waals surface area contributed by atoms with E-state index in [-0.39, 0.29) is 5.41 Å². The van der Waals surface area contributed by atoms with E-state index in [0.717, 1.165) is 49.5 Å². The quantitative estimate of drug-likeness (QED) is 0.639. The van der Waals surface area contributed by atoms with E-state index < -0.39 is 0 Å². The summed E-state index contributed by atoms with van der Waals surface area (Å²) in [5.74, 6) is 0. The summed E-state index contributed by atoms with van der Waals surface area (Å²) in [5, 5.41) is 16.6. The number of hydrogen-bond donors (Lipinski definition) is 2. The van der Waals surface area contributed by atoms with Gasteiger partial charge in [-0.1, -0.05) is 50.2 Å². The summed E-state index contributed by atoms with van der Waals surface area (Å²) in [4.78, 5) is 2.52. The van der Waals surface area contributed by atoms with Gasteiger partial charge in [0.2, 0.25) is 0 Å². The highest BCUT2D eigenvalue weighted by atomic mass is 15.2. The van der Waals surface area contributed by atoms with E-state index in [9.17, 15) is 5.26 Å². The Morgan fingerprint density at radius 1 is 0.935 bits per heavy atom. The summed E-state index contributed by atoms with van der Waals surface area (Å²) in [6.07, 6.45) is 0. The zero-order chi connectivity index (χ0) is 21.4. The molecule has 1 fully saturated rings. The number of nitriles is 1. The Bertz CT molecular complexity index is 1170. The molecule has 0 atom stereocenters. The Balaban J connectivity index is 1.52. The van der Waals surface area contributed by atoms with E-state index in [1.807, 2.05) is 24.3 Å². The number of rotatable bonds is 3. The van der Waals surface area contributed by atoms with Crippen LogP contribution in [-0.2, 0) is 12.0 Å². The van der Waals surface area contributed by atoms with Crippen LogP contribution in [0.4, 0.5) is 11.4 Å². The topological polar surface area (TPSA) is 51.1 Å². The molecular weight excluding hydrogens is 380 g/mol. The van der Waals surface area contributed by atoms with Crippen LogP contribution in [0, 0.1) is 11.3 Å². The van der Waals surface area contributed by atoms with E-state index in [1.54, 1.807) is 0 Å². The fraction of sp³-hybridized carbons (Fsp3) is 0.296. The summed E-state index contributed by atoms with van der Waals surface area (Å²) in [5.41, 5.74) is 8.95. The number of hydrogen-bond acceptors (Lipinski definition) is 4. The molecule has 1 saturated heterocycles. The third-order valence-corrected chi connectivity index (χ3v) is 6.69. The second-order valence-electron chi connectivity index (χ2n) is 9.07. The Morgan fingerprint density at radius 3 is 2.42 bits per heavy atom. The molecule has 0 amide bonds. The molecule has 0 aromatic heterocycles. The molecular formula is C27H28N4. The van der Waals surface area contributed by atoms with Crippen LogP contribution in [0.25, 0.3) is 11.1 Å². The Kier molecular flexibility index (Phi) is 5.02. The molecule has 0 aliphatic carbocycles. The minimum atomic E-state index is -0.132. The van der Waals surface area contributed by atoms with E-state index in [4.69, 9.17) is 0 Å². The van der Waals surface area contributed by atoms with Gasteiger partial charge in [-0.25, -0.2) is 0 Å². The van der Waals surface area contributed by atoms with Crippen LogP contribution in [0.3, 0.4) is 0 Å². The van der Waals surface area contributed by atoms with Gasteiger partial charge in [-0.3, -0.25) is 4.90 Å². The lowest BCUT2D eigenvalue weighted by Gasteiger charge is -2.37. The smallest absolute Gasteiger partial charge is 0.0998 e. The molecule has 2 N–H and O–H groups in total. The molecule has 0 unspecified atom stereocenters. The van der Waals surface area contributed by atoms with Gasteiger partial charge in [-0.05, 0) is 52.1 Å². The van der Waals surface area contributed by atoms with Crippen LogP contribution in [0.1, 0.15) is 36.1 Å². The second-order valence-corrected chi connectivity index (χ2v) is 9.07. The number of fused-ring (bicyclic) bond motifs is 2. The lowest BCUT2D eigenvalue weighted by Crippen LogP contribution is -2.42. The highest BCUT2D eigenvalue weighted by Crippen LogP contribution is 2.47. The maximum Gasteiger partial charge on any atom is 0.0998 e. The van der Waals surface area contributed by atoms with Gasteiger partial charge >= 0.3 is 0 Å². The Morgan fingerprint density at radius 2 is 1.65 bits per heavy atom. The third-order valence-electron chi connectivity index (χ3n) is 6.69. The largest absolute Gasteiger partial charge is 0.355 e. The van der Waals surface area contributed by atoms with Gasteiger partial charge < -0.3 is 10.6 Å². The summed E-state index contributed by atoms with van der Waals surface area (Å²) >= 11 is 0. The number of piperazine rings is 1. The fourth-order valence-electron chi connectivity index (χ4n) is 4.90. The van der Waals surface area contributed by atoms with Crippen LogP contribution < -0.4 is 10.6 Å². The molecule has 2 heterocycles. The molecule has 5 rings (SSSR count). The maximum absolute atomic E-state index is 9.55. The first kappa shape index (κ1) is 19.8. The molecule has 0 radical (unpaired) electrons. The van der Waals surface area contributed by atoms with E-state index in [1.165, 1.54) is 22.4 Å². The summed E-state index contributed by atoms with van der Waals surface area (Å²) in [7, 11) is 0. The maximum atomic E-state index is 9.55. The molecule has 0 spiro atoms. The molecule has 4 nitrogen and oxygen atoms in total. The van der Waals surface area contributed by atoms with Crippen molar-refractivity contribution in [3.63, 3.8) is 0 Å². The first-order valence-corrected chi connectivity index (χ1v) is 11.0. The number of benzene rings is 3. The monoisotopic (exact) mass is 408 g/mol. The predicted octanol–water partition coefficient (Wildman–Crippen LogP) is 5.01. The first-order valence-electron chi connectivity index (χ1n) is 11.0. The summed E-state index contributed by atoms with van der Waals surface area (Å²) in [6, 6.07) is 23.5. The van der Waals surface area contributed by atoms with E-state index >= 15 is 0 Å². The summed E-state index contributed by atoms with van der Waals surface area (Å²) in [6.45, 7) is 9.94. The van der Waals surface area contributed by atoms with Gasteiger partial charge in [-0.15, -0.1) is 0 Å². The molecule has 31 heavy (non-hydrogen) atoms.